The van der Waals surface area contributed by atoms with Crippen LogP contribution < -0.4 is 0 Å². The molecule has 3 heteroatoms. The van der Waals surface area contributed by atoms with Gasteiger partial charge in [0.15, 0.2) is 0 Å². The van der Waals surface area contributed by atoms with Crippen LogP contribution in [0.4, 0.5) is 0 Å². The van der Waals surface area contributed by atoms with Gasteiger partial charge < -0.3 is 9.31 Å². The van der Waals surface area contributed by atoms with E-state index in [0.717, 1.165) is 12.3 Å². The molecule has 3 aliphatic carbocycles. The third-order valence-corrected chi connectivity index (χ3v) is 7.11. The Morgan fingerprint density at radius 2 is 1.87 bits per heavy atom. The van der Waals surface area contributed by atoms with Gasteiger partial charge in [-0.2, -0.15) is 0 Å². The van der Waals surface area contributed by atoms with Gasteiger partial charge in [-0.25, -0.2) is 0 Å². The van der Waals surface area contributed by atoms with Crippen molar-refractivity contribution in [2.75, 3.05) is 0 Å². The summed E-state index contributed by atoms with van der Waals surface area (Å²) in [5.41, 5.74) is 3.03. The average Bonchev–Trinajstić information content (AvgIpc) is 2.86. The minimum Gasteiger partial charge on any atom is -0.405 e. The highest BCUT2D eigenvalue weighted by atomic mass is 16.7. The largest absolute Gasteiger partial charge is 0.461 e. The first-order valence-corrected chi connectivity index (χ1v) is 9.19. The lowest BCUT2D eigenvalue weighted by Gasteiger charge is -2.64. The Kier molecular flexibility index (Phi) is 3.48. The predicted octanol–water partition coefficient (Wildman–Crippen LogP) is 4.66. The summed E-state index contributed by atoms with van der Waals surface area (Å²) in [5, 5.41) is 0. The van der Waals surface area contributed by atoms with Gasteiger partial charge in [0.1, 0.15) is 0 Å². The van der Waals surface area contributed by atoms with Gasteiger partial charge in [0.2, 0.25) is 0 Å². The molecular formula is C20H29BO2. The second-order valence-electron chi connectivity index (χ2n) is 9.00. The molecule has 5 atom stereocenters. The van der Waals surface area contributed by atoms with E-state index in [0.29, 0.717) is 23.3 Å². The maximum atomic E-state index is 6.57. The van der Waals surface area contributed by atoms with E-state index < -0.39 is 0 Å². The summed E-state index contributed by atoms with van der Waals surface area (Å²) in [5.74, 6) is 1.86. The van der Waals surface area contributed by atoms with Crippen LogP contribution in [-0.4, -0.2) is 18.8 Å². The van der Waals surface area contributed by atoms with Crippen molar-refractivity contribution in [2.45, 2.75) is 71.4 Å². The fourth-order valence-corrected chi connectivity index (χ4v) is 5.34. The zero-order chi connectivity index (χ0) is 16.4. The molecular weight excluding hydrogens is 283 g/mol. The van der Waals surface area contributed by atoms with E-state index in [1.807, 2.05) is 0 Å². The Balaban J connectivity index is 1.47. The molecule has 2 nitrogen and oxygen atoms in total. The second kappa shape index (κ2) is 5.10. The standard InChI is InChI=1S/C20H29BO2/c1-13-6-8-15(9-7-13)10-14(2)21-22-18-12-16-11-17(19(16,3)4)20(18,5)23-21/h6-9,14,16-18H,10-12H2,1-5H3/t14-,16?,17-,18+,20-/m0/s1. The molecule has 0 N–H and O–H groups in total. The van der Waals surface area contributed by atoms with E-state index in [4.69, 9.17) is 9.31 Å². The molecule has 0 amide bonds. The maximum absolute atomic E-state index is 6.57. The summed E-state index contributed by atoms with van der Waals surface area (Å²) in [7, 11) is -0.0542. The van der Waals surface area contributed by atoms with Crippen LogP contribution in [0.2, 0.25) is 5.82 Å². The third-order valence-electron chi connectivity index (χ3n) is 7.11. The summed E-state index contributed by atoms with van der Waals surface area (Å²) >= 11 is 0. The molecule has 3 saturated carbocycles. The van der Waals surface area contributed by atoms with E-state index in [-0.39, 0.29) is 12.7 Å². The van der Waals surface area contributed by atoms with Gasteiger partial charge in [0.25, 0.3) is 0 Å². The van der Waals surface area contributed by atoms with Crippen molar-refractivity contribution in [3.63, 3.8) is 0 Å². The molecule has 1 unspecified atom stereocenters. The fraction of sp³-hybridized carbons (Fsp3) is 0.700. The Hall–Kier alpha value is -0.795. The van der Waals surface area contributed by atoms with Crippen molar-refractivity contribution in [1.29, 1.82) is 0 Å². The first kappa shape index (κ1) is 15.7. The average molecular weight is 312 g/mol. The quantitative estimate of drug-likeness (QED) is 0.756. The van der Waals surface area contributed by atoms with Crippen LogP contribution in [-0.2, 0) is 15.7 Å². The Labute approximate surface area is 141 Å². The summed E-state index contributed by atoms with van der Waals surface area (Å²) in [6.07, 6.45) is 3.81. The number of rotatable bonds is 3. The van der Waals surface area contributed by atoms with Crippen molar-refractivity contribution in [3.8, 4) is 0 Å². The van der Waals surface area contributed by atoms with Crippen LogP contribution in [0.1, 0.15) is 51.7 Å². The molecule has 1 saturated heterocycles. The lowest BCUT2D eigenvalue weighted by atomic mass is 9.43. The summed E-state index contributed by atoms with van der Waals surface area (Å²) in [4.78, 5) is 0. The topological polar surface area (TPSA) is 18.5 Å². The summed E-state index contributed by atoms with van der Waals surface area (Å²) in [6, 6.07) is 8.85. The van der Waals surface area contributed by atoms with Crippen LogP contribution in [0.25, 0.3) is 0 Å². The van der Waals surface area contributed by atoms with E-state index in [1.54, 1.807) is 0 Å². The minimum absolute atomic E-state index is 0.0542. The molecule has 124 valence electrons. The minimum atomic E-state index is -0.0789. The number of aryl methyl sites for hydroxylation is 1. The SMILES string of the molecule is Cc1ccc(C[C@H](C)B2O[C@@H]3CC4C[C@@H](C4(C)C)[C@]3(C)O2)cc1. The zero-order valence-electron chi connectivity index (χ0n) is 15.1. The molecule has 0 aromatic heterocycles. The van der Waals surface area contributed by atoms with E-state index in [1.165, 1.54) is 24.0 Å². The highest BCUT2D eigenvalue weighted by Crippen LogP contribution is 2.66. The van der Waals surface area contributed by atoms with Crippen molar-refractivity contribution in [3.05, 3.63) is 35.4 Å². The molecule has 23 heavy (non-hydrogen) atoms. The second-order valence-corrected chi connectivity index (χ2v) is 9.00. The van der Waals surface area contributed by atoms with Gasteiger partial charge in [-0.3, -0.25) is 0 Å². The van der Waals surface area contributed by atoms with Gasteiger partial charge in [-0.15, -0.1) is 0 Å². The molecule has 4 aliphatic rings. The molecule has 2 bridgehead atoms. The lowest BCUT2D eigenvalue weighted by molar-refractivity contribution is -0.199. The number of benzene rings is 1. The molecule has 1 aromatic rings. The van der Waals surface area contributed by atoms with Crippen LogP contribution in [0.3, 0.4) is 0 Å². The summed E-state index contributed by atoms with van der Waals surface area (Å²) < 4.78 is 13.0. The number of hydrogen-bond donors (Lipinski definition) is 0. The monoisotopic (exact) mass is 312 g/mol. The highest BCUT2D eigenvalue weighted by molar-refractivity contribution is 6.47. The maximum Gasteiger partial charge on any atom is 0.461 e. The first-order chi connectivity index (χ1) is 10.8. The molecule has 0 radical (unpaired) electrons. The fourth-order valence-electron chi connectivity index (χ4n) is 5.34. The molecule has 4 fully saturated rings. The van der Waals surface area contributed by atoms with E-state index in [2.05, 4.69) is 58.9 Å². The predicted molar refractivity (Wildman–Crippen MR) is 94.4 cm³/mol. The normalized spacial score (nSPS) is 38.8. The third kappa shape index (κ3) is 2.31. The van der Waals surface area contributed by atoms with Crippen LogP contribution in [0.5, 0.6) is 0 Å². The Morgan fingerprint density at radius 3 is 2.52 bits per heavy atom. The van der Waals surface area contributed by atoms with Gasteiger partial charge in [-0.1, -0.05) is 50.6 Å². The Bertz CT molecular complexity index is 596. The Morgan fingerprint density at radius 1 is 1.17 bits per heavy atom. The van der Waals surface area contributed by atoms with E-state index >= 15 is 0 Å². The van der Waals surface area contributed by atoms with Gasteiger partial charge in [-0.05, 0) is 61.7 Å². The van der Waals surface area contributed by atoms with E-state index in [9.17, 15) is 0 Å². The van der Waals surface area contributed by atoms with Crippen LogP contribution >= 0.6 is 0 Å². The van der Waals surface area contributed by atoms with Crippen LogP contribution in [0.15, 0.2) is 24.3 Å². The van der Waals surface area contributed by atoms with Gasteiger partial charge in [0, 0.05) is 0 Å². The molecule has 0 spiro atoms. The van der Waals surface area contributed by atoms with Crippen molar-refractivity contribution in [1.82, 2.24) is 0 Å². The smallest absolute Gasteiger partial charge is 0.405 e. The number of hydrogen-bond acceptors (Lipinski definition) is 2. The first-order valence-electron chi connectivity index (χ1n) is 9.19. The van der Waals surface area contributed by atoms with Gasteiger partial charge in [0.05, 0.1) is 11.7 Å². The molecule has 5 rings (SSSR count). The molecule has 1 aromatic carbocycles. The van der Waals surface area contributed by atoms with Crippen molar-refractivity contribution >= 4 is 7.12 Å². The molecule has 1 aliphatic heterocycles. The van der Waals surface area contributed by atoms with Crippen molar-refractivity contribution in [2.24, 2.45) is 17.3 Å². The lowest BCUT2D eigenvalue weighted by Crippen LogP contribution is -2.65. The summed E-state index contributed by atoms with van der Waals surface area (Å²) in [6.45, 7) is 11.5. The zero-order valence-corrected chi connectivity index (χ0v) is 15.1. The van der Waals surface area contributed by atoms with Gasteiger partial charge >= 0.3 is 7.12 Å². The highest BCUT2D eigenvalue weighted by Gasteiger charge is 2.68. The van der Waals surface area contributed by atoms with Crippen molar-refractivity contribution < 1.29 is 9.31 Å². The van der Waals surface area contributed by atoms with Crippen LogP contribution in [0, 0.1) is 24.2 Å². The molecule has 1 heterocycles.